The summed E-state index contributed by atoms with van der Waals surface area (Å²) in [6, 6.07) is 55.1. The Morgan fingerprint density at radius 2 is 0.891 bits per heavy atom. The molecular formula is C45H35N. The van der Waals surface area contributed by atoms with Gasteiger partial charge in [-0.25, -0.2) is 0 Å². The van der Waals surface area contributed by atoms with Gasteiger partial charge in [-0.2, -0.15) is 0 Å². The minimum atomic E-state index is 0.0515. The second-order valence-electron chi connectivity index (χ2n) is 13.1. The Morgan fingerprint density at radius 1 is 0.370 bits per heavy atom. The molecule has 0 fully saturated rings. The summed E-state index contributed by atoms with van der Waals surface area (Å²) in [5, 5.41) is 7.69. The van der Waals surface area contributed by atoms with Crippen molar-refractivity contribution in [2.75, 3.05) is 0 Å². The van der Waals surface area contributed by atoms with E-state index in [1.807, 2.05) is 18.3 Å². The van der Waals surface area contributed by atoms with Crippen LogP contribution in [-0.4, -0.2) is 4.98 Å². The Morgan fingerprint density at radius 3 is 1.50 bits per heavy atom. The van der Waals surface area contributed by atoms with Crippen molar-refractivity contribution in [2.24, 2.45) is 0 Å². The van der Waals surface area contributed by atoms with Gasteiger partial charge < -0.3 is 0 Å². The Balaban J connectivity index is 1.35. The third-order valence-electron chi connectivity index (χ3n) is 9.27. The van der Waals surface area contributed by atoms with E-state index in [0.717, 1.165) is 22.4 Å². The number of pyridine rings is 1. The minimum Gasteiger partial charge on any atom is -0.256 e. The molecule has 0 bridgehead atoms. The van der Waals surface area contributed by atoms with Crippen molar-refractivity contribution < 1.29 is 0 Å². The molecule has 0 saturated heterocycles. The first-order valence-corrected chi connectivity index (χ1v) is 16.1. The molecule has 0 amide bonds. The van der Waals surface area contributed by atoms with E-state index in [1.165, 1.54) is 60.1 Å². The highest BCUT2D eigenvalue weighted by atomic mass is 14.7. The molecule has 1 heteroatoms. The lowest BCUT2D eigenvalue weighted by molar-refractivity contribution is 0.596. The smallest absolute Gasteiger partial charge is 0.0780 e. The first kappa shape index (κ1) is 28.0. The van der Waals surface area contributed by atoms with Crippen LogP contribution in [0, 0.1) is 0 Å². The second-order valence-corrected chi connectivity index (χ2v) is 13.1. The highest BCUT2D eigenvalue weighted by Gasteiger charge is 2.22. The number of benzene rings is 7. The van der Waals surface area contributed by atoms with E-state index in [2.05, 4.69) is 160 Å². The van der Waals surface area contributed by atoms with E-state index in [0.29, 0.717) is 0 Å². The fourth-order valence-electron chi connectivity index (χ4n) is 7.18. The summed E-state index contributed by atoms with van der Waals surface area (Å²) in [7, 11) is 0. The van der Waals surface area contributed by atoms with Crippen LogP contribution in [0.4, 0.5) is 0 Å². The van der Waals surface area contributed by atoms with Gasteiger partial charge in [0.25, 0.3) is 0 Å². The van der Waals surface area contributed by atoms with E-state index < -0.39 is 0 Å². The second kappa shape index (κ2) is 11.1. The van der Waals surface area contributed by atoms with E-state index in [9.17, 15) is 0 Å². The minimum absolute atomic E-state index is 0.0515. The van der Waals surface area contributed by atoms with Gasteiger partial charge in [-0.3, -0.25) is 4.98 Å². The van der Waals surface area contributed by atoms with Crippen molar-refractivity contribution in [1.29, 1.82) is 0 Å². The Bertz CT molecular complexity index is 2320. The molecule has 1 nitrogen and oxygen atoms in total. The molecule has 1 heterocycles. The van der Waals surface area contributed by atoms with Gasteiger partial charge in [-0.05, 0) is 77.2 Å². The standard InChI is InChI=1S/C45H35N/c1-45(2,3)41-28-27-40(34-16-7-8-17-35(34)41)43-38-20-11-9-18-36(38)42(37-19-10-12-21-39(37)43)31-25-23-30(24-26-31)33-22-13-29-46-44(33)32-14-5-4-6-15-32/h4-29H,1-3H3. The zero-order valence-corrected chi connectivity index (χ0v) is 26.5. The fraction of sp³-hybridized carbons (Fsp3) is 0.0889. The topological polar surface area (TPSA) is 12.9 Å². The summed E-state index contributed by atoms with van der Waals surface area (Å²) in [5.74, 6) is 0. The first-order chi connectivity index (χ1) is 22.5. The molecule has 0 aliphatic heterocycles. The molecule has 0 atom stereocenters. The van der Waals surface area contributed by atoms with E-state index in [1.54, 1.807) is 0 Å². The van der Waals surface area contributed by atoms with E-state index >= 15 is 0 Å². The van der Waals surface area contributed by atoms with Crippen molar-refractivity contribution in [3.05, 3.63) is 163 Å². The van der Waals surface area contributed by atoms with Gasteiger partial charge in [0, 0.05) is 17.3 Å². The van der Waals surface area contributed by atoms with Crippen LogP contribution in [0.15, 0.2) is 158 Å². The predicted octanol–water partition coefficient (Wildman–Crippen LogP) is 12.5. The largest absolute Gasteiger partial charge is 0.256 e. The van der Waals surface area contributed by atoms with Crippen molar-refractivity contribution in [3.8, 4) is 44.6 Å². The number of hydrogen-bond acceptors (Lipinski definition) is 1. The lowest BCUT2D eigenvalue weighted by Crippen LogP contribution is -2.11. The molecule has 8 rings (SSSR count). The summed E-state index contributed by atoms with van der Waals surface area (Å²) in [5.41, 5.74) is 10.9. The summed E-state index contributed by atoms with van der Waals surface area (Å²) < 4.78 is 0. The van der Waals surface area contributed by atoms with Gasteiger partial charge in [0.15, 0.2) is 0 Å². The summed E-state index contributed by atoms with van der Waals surface area (Å²) in [6.45, 7) is 6.91. The molecule has 0 saturated carbocycles. The highest BCUT2D eigenvalue weighted by Crippen LogP contribution is 2.46. The molecule has 0 aliphatic carbocycles. The lowest BCUT2D eigenvalue weighted by Gasteiger charge is -2.24. The molecule has 220 valence electrons. The molecule has 0 aliphatic rings. The van der Waals surface area contributed by atoms with Crippen molar-refractivity contribution in [2.45, 2.75) is 26.2 Å². The molecular weight excluding hydrogens is 555 g/mol. The number of rotatable bonds is 4. The highest BCUT2D eigenvalue weighted by molar-refractivity contribution is 6.23. The molecule has 7 aromatic carbocycles. The van der Waals surface area contributed by atoms with Crippen molar-refractivity contribution >= 4 is 32.3 Å². The Hall–Kier alpha value is -5.53. The maximum Gasteiger partial charge on any atom is 0.0780 e. The summed E-state index contributed by atoms with van der Waals surface area (Å²) in [4.78, 5) is 4.77. The van der Waals surface area contributed by atoms with Gasteiger partial charge in [0.05, 0.1) is 5.69 Å². The molecule has 0 unspecified atom stereocenters. The van der Waals surface area contributed by atoms with Gasteiger partial charge in [-0.15, -0.1) is 0 Å². The fourth-order valence-corrected chi connectivity index (χ4v) is 7.18. The van der Waals surface area contributed by atoms with Crippen LogP contribution < -0.4 is 0 Å². The predicted molar refractivity (Wildman–Crippen MR) is 197 cm³/mol. The van der Waals surface area contributed by atoms with Crippen LogP contribution >= 0.6 is 0 Å². The number of nitrogens with zero attached hydrogens (tertiary/aromatic N) is 1. The zero-order valence-electron chi connectivity index (χ0n) is 26.5. The summed E-state index contributed by atoms with van der Waals surface area (Å²) >= 11 is 0. The van der Waals surface area contributed by atoms with Crippen LogP contribution in [0.1, 0.15) is 26.3 Å². The van der Waals surface area contributed by atoms with Gasteiger partial charge in [0.2, 0.25) is 0 Å². The summed E-state index contributed by atoms with van der Waals surface area (Å²) in [6.07, 6.45) is 1.87. The van der Waals surface area contributed by atoms with Crippen LogP contribution in [-0.2, 0) is 5.41 Å². The molecule has 0 spiro atoms. The van der Waals surface area contributed by atoms with Crippen LogP contribution in [0.5, 0.6) is 0 Å². The Kier molecular flexibility index (Phi) is 6.76. The van der Waals surface area contributed by atoms with Crippen LogP contribution in [0.3, 0.4) is 0 Å². The van der Waals surface area contributed by atoms with Crippen LogP contribution in [0.2, 0.25) is 0 Å². The lowest BCUT2D eigenvalue weighted by atomic mass is 9.80. The number of hydrogen-bond donors (Lipinski definition) is 0. The monoisotopic (exact) mass is 589 g/mol. The third-order valence-corrected chi connectivity index (χ3v) is 9.27. The van der Waals surface area contributed by atoms with Crippen molar-refractivity contribution in [3.63, 3.8) is 0 Å². The molecule has 0 radical (unpaired) electrons. The van der Waals surface area contributed by atoms with Gasteiger partial charge in [0.1, 0.15) is 0 Å². The maximum atomic E-state index is 4.77. The molecule has 8 aromatic rings. The normalized spacial score (nSPS) is 11.8. The Labute approximate surface area is 270 Å². The average molecular weight is 590 g/mol. The quantitative estimate of drug-likeness (QED) is 0.186. The van der Waals surface area contributed by atoms with Crippen LogP contribution in [0.25, 0.3) is 77.0 Å². The first-order valence-electron chi connectivity index (χ1n) is 16.1. The van der Waals surface area contributed by atoms with E-state index in [4.69, 9.17) is 4.98 Å². The number of aromatic nitrogens is 1. The molecule has 46 heavy (non-hydrogen) atoms. The van der Waals surface area contributed by atoms with Gasteiger partial charge >= 0.3 is 0 Å². The zero-order chi connectivity index (χ0) is 31.3. The maximum absolute atomic E-state index is 4.77. The molecule has 1 aromatic heterocycles. The van der Waals surface area contributed by atoms with Gasteiger partial charge in [-0.1, -0.05) is 166 Å². The third kappa shape index (κ3) is 4.68. The van der Waals surface area contributed by atoms with E-state index in [-0.39, 0.29) is 5.41 Å². The number of fused-ring (bicyclic) bond motifs is 3. The SMILES string of the molecule is CC(C)(C)c1ccc(-c2c3ccccc3c(-c3ccc(-c4cccnc4-c4ccccc4)cc3)c3ccccc23)c2ccccc12. The molecule has 0 N–H and O–H groups in total. The van der Waals surface area contributed by atoms with Crippen molar-refractivity contribution in [1.82, 2.24) is 4.98 Å². The average Bonchev–Trinajstić information content (AvgIpc) is 3.10.